The van der Waals surface area contributed by atoms with Crippen molar-refractivity contribution in [2.45, 2.75) is 31.3 Å². The summed E-state index contributed by atoms with van der Waals surface area (Å²) in [5, 5.41) is 3.91. The first kappa shape index (κ1) is 26.5. The number of hydrogen-bond acceptors (Lipinski definition) is 6. The monoisotopic (exact) mass is 591 g/mol. The Kier molecular flexibility index (Phi) is 6.48. The zero-order valence-corrected chi connectivity index (χ0v) is 21.8. The van der Waals surface area contributed by atoms with E-state index in [9.17, 15) is 22.4 Å². The first-order valence-corrected chi connectivity index (χ1v) is 12.1. The van der Waals surface area contributed by atoms with Crippen LogP contribution in [0.1, 0.15) is 18.9 Å². The molecule has 0 bridgehead atoms. The number of benzene rings is 1. The Balaban J connectivity index is 1.41. The number of hydrogen-bond donors (Lipinski definition) is 0. The molecule has 1 aromatic carbocycles. The normalized spacial score (nSPS) is 20.4. The van der Waals surface area contributed by atoms with Crippen LogP contribution in [-0.2, 0) is 11.0 Å². The third-order valence-corrected chi connectivity index (χ3v) is 6.80. The summed E-state index contributed by atoms with van der Waals surface area (Å²) in [5.74, 6) is -0.531. The van der Waals surface area contributed by atoms with Gasteiger partial charge in [0.05, 0.1) is 27.2 Å². The number of pyridine rings is 1. The molecule has 2 atom stereocenters. The average Bonchev–Trinajstić information content (AvgIpc) is 3.46. The van der Waals surface area contributed by atoms with E-state index in [2.05, 4.69) is 15.1 Å². The van der Waals surface area contributed by atoms with E-state index in [1.165, 1.54) is 37.2 Å². The van der Waals surface area contributed by atoms with Crippen molar-refractivity contribution >= 4 is 46.4 Å². The number of nitrogens with zero attached hydrogens (tertiary/aromatic N) is 5. The molecule has 0 saturated carbocycles. The fourth-order valence-electron chi connectivity index (χ4n) is 4.17. The lowest BCUT2D eigenvalue weighted by Crippen LogP contribution is -2.54. The van der Waals surface area contributed by atoms with E-state index in [1.807, 2.05) is 0 Å². The maximum absolute atomic E-state index is 14.6. The number of amides is 1. The van der Waals surface area contributed by atoms with E-state index in [0.717, 1.165) is 16.7 Å². The van der Waals surface area contributed by atoms with Crippen LogP contribution in [-0.4, -0.2) is 55.7 Å². The second-order valence-electron chi connectivity index (χ2n) is 8.94. The van der Waals surface area contributed by atoms with Crippen LogP contribution in [0.25, 0.3) is 28.6 Å². The van der Waals surface area contributed by atoms with Crippen molar-refractivity contribution in [3.63, 3.8) is 0 Å². The van der Waals surface area contributed by atoms with Gasteiger partial charge in [-0.05, 0) is 19.1 Å². The van der Waals surface area contributed by atoms with Crippen LogP contribution in [0.2, 0.25) is 15.1 Å². The van der Waals surface area contributed by atoms with E-state index < -0.39 is 29.4 Å². The van der Waals surface area contributed by atoms with Crippen LogP contribution in [0.4, 0.5) is 17.6 Å². The van der Waals surface area contributed by atoms with Crippen molar-refractivity contribution < 1.29 is 31.6 Å². The smallest absolute Gasteiger partial charge is 0.417 e. The van der Waals surface area contributed by atoms with Gasteiger partial charge in [0.2, 0.25) is 5.82 Å². The van der Waals surface area contributed by atoms with Crippen molar-refractivity contribution in [3.8, 4) is 28.7 Å². The SMILES string of the molecule is CN1C[C@@H](Oc2cc(Cl)c(-c3noc(-c4cn5cc(C(F)(F)F)cc(Cl)c5n4)n3)cc2Cl)CC(C)(F)C1=O. The number of alkyl halides is 4. The molecule has 5 rings (SSSR count). The van der Waals surface area contributed by atoms with Crippen molar-refractivity contribution in [2.24, 2.45) is 0 Å². The van der Waals surface area contributed by atoms with E-state index in [0.29, 0.717) is 0 Å². The molecular formula is C23H16Cl3F4N5O3. The highest BCUT2D eigenvalue weighted by Gasteiger charge is 2.44. The number of rotatable bonds is 4. The number of imidazole rings is 1. The molecule has 0 N–H and O–H groups in total. The van der Waals surface area contributed by atoms with E-state index in [4.69, 9.17) is 44.1 Å². The lowest BCUT2D eigenvalue weighted by molar-refractivity contribution is -0.150. The van der Waals surface area contributed by atoms with Crippen LogP contribution < -0.4 is 4.74 Å². The van der Waals surface area contributed by atoms with Gasteiger partial charge in [0.1, 0.15) is 17.5 Å². The van der Waals surface area contributed by atoms with Crippen LogP contribution >= 0.6 is 34.8 Å². The predicted molar refractivity (Wildman–Crippen MR) is 130 cm³/mol. The van der Waals surface area contributed by atoms with Gasteiger partial charge in [0.25, 0.3) is 11.8 Å². The number of carbonyl (C=O) groups is 1. The second kappa shape index (κ2) is 9.28. The molecular weight excluding hydrogens is 577 g/mol. The second-order valence-corrected chi connectivity index (χ2v) is 10.2. The van der Waals surface area contributed by atoms with E-state index in [1.54, 1.807) is 0 Å². The lowest BCUT2D eigenvalue weighted by Gasteiger charge is -2.37. The van der Waals surface area contributed by atoms with Gasteiger partial charge in [0, 0.05) is 37.5 Å². The van der Waals surface area contributed by atoms with Gasteiger partial charge in [-0.1, -0.05) is 40.0 Å². The Hall–Kier alpha value is -3.09. The fourth-order valence-corrected chi connectivity index (χ4v) is 4.87. The highest BCUT2D eigenvalue weighted by atomic mass is 35.5. The summed E-state index contributed by atoms with van der Waals surface area (Å²) in [6.07, 6.45) is -3.31. The summed E-state index contributed by atoms with van der Waals surface area (Å²) in [7, 11) is 1.48. The van der Waals surface area contributed by atoms with Gasteiger partial charge < -0.3 is 18.6 Å². The molecule has 1 aliphatic heterocycles. The van der Waals surface area contributed by atoms with Gasteiger partial charge in [-0.25, -0.2) is 9.37 Å². The molecule has 4 aromatic rings. The van der Waals surface area contributed by atoms with Gasteiger partial charge in [-0.15, -0.1) is 0 Å². The standard InChI is InChI=1S/C23H16Cl3F4N5O3/c1-22(27)6-11(8-34(2)21(22)36)37-17-5-13(24)12(4-14(17)25)18-32-20(38-33-18)16-9-35-7-10(23(28,29)30)3-15(26)19(35)31-16/h3-5,7,9,11H,6,8H2,1-2H3/t11-,22?/m0/s1. The molecule has 1 aliphatic rings. The molecule has 15 heteroatoms. The summed E-state index contributed by atoms with van der Waals surface area (Å²) in [6, 6.07) is 3.61. The zero-order chi connectivity index (χ0) is 27.6. The molecule has 0 aliphatic carbocycles. The molecule has 1 fully saturated rings. The van der Waals surface area contributed by atoms with Crippen molar-refractivity contribution in [3.05, 3.63) is 51.2 Å². The third kappa shape index (κ3) is 4.87. The molecule has 8 nitrogen and oxygen atoms in total. The molecule has 38 heavy (non-hydrogen) atoms. The summed E-state index contributed by atoms with van der Waals surface area (Å²) in [6.45, 7) is 1.36. The first-order valence-electron chi connectivity index (χ1n) is 10.9. The Labute approximate surface area is 227 Å². The Morgan fingerprint density at radius 1 is 1.11 bits per heavy atom. The molecule has 0 radical (unpaired) electrons. The highest BCUT2D eigenvalue weighted by Crippen LogP contribution is 2.39. The van der Waals surface area contributed by atoms with Crippen LogP contribution in [0.15, 0.2) is 35.1 Å². The van der Waals surface area contributed by atoms with Crippen LogP contribution in [0.5, 0.6) is 5.75 Å². The number of fused-ring (bicyclic) bond motifs is 1. The van der Waals surface area contributed by atoms with E-state index >= 15 is 0 Å². The van der Waals surface area contributed by atoms with Gasteiger partial charge in [-0.2, -0.15) is 18.2 Å². The van der Waals surface area contributed by atoms with E-state index in [-0.39, 0.29) is 62.4 Å². The van der Waals surface area contributed by atoms with Crippen molar-refractivity contribution in [2.75, 3.05) is 13.6 Å². The number of halogens is 7. The minimum Gasteiger partial charge on any atom is -0.487 e. The number of likely N-dealkylation sites (tertiary alicyclic amines) is 1. The Morgan fingerprint density at radius 3 is 2.53 bits per heavy atom. The zero-order valence-electron chi connectivity index (χ0n) is 19.5. The topological polar surface area (TPSA) is 85.8 Å². The van der Waals surface area contributed by atoms with Crippen LogP contribution in [0.3, 0.4) is 0 Å². The molecule has 3 aromatic heterocycles. The summed E-state index contributed by atoms with van der Waals surface area (Å²) < 4.78 is 66.2. The van der Waals surface area contributed by atoms with Gasteiger partial charge >= 0.3 is 6.18 Å². The van der Waals surface area contributed by atoms with Gasteiger partial charge in [0.15, 0.2) is 11.3 Å². The maximum atomic E-state index is 14.6. The highest BCUT2D eigenvalue weighted by molar-refractivity contribution is 6.36. The van der Waals surface area contributed by atoms with Crippen molar-refractivity contribution in [1.82, 2.24) is 24.4 Å². The number of ether oxygens (including phenoxy) is 1. The minimum absolute atomic E-state index is 0.0249. The fraction of sp³-hybridized carbons (Fsp3) is 0.304. The van der Waals surface area contributed by atoms with Crippen LogP contribution in [0, 0.1) is 0 Å². The number of aromatic nitrogens is 4. The Morgan fingerprint density at radius 2 is 1.84 bits per heavy atom. The van der Waals surface area contributed by atoms with Crippen molar-refractivity contribution in [1.29, 1.82) is 0 Å². The number of likely N-dealkylation sites (N-methyl/N-ethyl adjacent to an activating group) is 1. The number of piperidine rings is 1. The average molecular weight is 593 g/mol. The summed E-state index contributed by atoms with van der Waals surface area (Å²) >= 11 is 18.8. The molecule has 1 saturated heterocycles. The third-order valence-electron chi connectivity index (χ3n) is 5.92. The molecule has 1 amide bonds. The lowest BCUT2D eigenvalue weighted by atomic mass is 9.94. The molecule has 200 valence electrons. The molecule has 1 unspecified atom stereocenters. The maximum Gasteiger partial charge on any atom is 0.417 e. The molecule has 0 spiro atoms. The minimum atomic E-state index is -4.60. The Bertz CT molecular complexity index is 1570. The first-order chi connectivity index (χ1) is 17.7. The summed E-state index contributed by atoms with van der Waals surface area (Å²) in [4.78, 5) is 21.6. The van der Waals surface area contributed by atoms with Gasteiger partial charge in [-0.3, -0.25) is 4.79 Å². The predicted octanol–water partition coefficient (Wildman–Crippen LogP) is 6.37. The quantitative estimate of drug-likeness (QED) is 0.256. The number of carbonyl (C=O) groups excluding carboxylic acids is 1. The summed E-state index contributed by atoms with van der Waals surface area (Å²) in [5.41, 5.74) is -2.61. The largest absolute Gasteiger partial charge is 0.487 e. The molecule has 4 heterocycles.